The summed E-state index contributed by atoms with van der Waals surface area (Å²) in [6.45, 7) is 3.11. The Morgan fingerprint density at radius 2 is 1.94 bits per heavy atom. The van der Waals surface area contributed by atoms with Crippen LogP contribution < -0.4 is 11.1 Å². The summed E-state index contributed by atoms with van der Waals surface area (Å²) in [5.74, 6) is 1.29. The molecule has 0 spiro atoms. The van der Waals surface area contributed by atoms with Gasteiger partial charge < -0.3 is 11.1 Å². The number of nitrogen functional groups attached to an aromatic ring is 1. The molecule has 17 heavy (non-hydrogen) atoms. The van der Waals surface area contributed by atoms with E-state index in [-0.39, 0.29) is 0 Å². The molecule has 0 amide bonds. The van der Waals surface area contributed by atoms with E-state index in [4.69, 9.17) is 5.73 Å². The van der Waals surface area contributed by atoms with Crippen molar-refractivity contribution in [1.82, 2.24) is 0 Å². The molecule has 3 heteroatoms. The molecular weight excluding hydrogens is 228 g/mol. The predicted molar refractivity (Wildman–Crippen MR) is 80.9 cm³/mol. The summed E-state index contributed by atoms with van der Waals surface area (Å²) in [6.07, 6.45) is 7.42. The Kier molecular flexibility index (Phi) is 6.94. The van der Waals surface area contributed by atoms with Crippen LogP contribution in [0.3, 0.4) is 0 Å². The van der Waals surface area contributed by atoms with Crippen molar-refractivity contribution in [3.63, 3.8) is 0 Å². The summed E-state index contributed by atoms with van der Waals surface area (Å²) in [5, 5.41) is 3.46. The van der Waals surface area contributed by atoms with Crippen LogP contribution in [0.1, 0.15) is 31.2 Å². The fraction of sp³-hybridized carbons (Fsp3) is 0.571. The first-order valence-corrected chi connectivity index (χ1v) is 7.73. The van der Waals surface area contributed by atoms with Crippen LogP contribution in [0.25, 0.3) is 0 Å². The number of benzene rings is 1. The molecule has 0 aliphatic rings. The third-order valence-corrected chi connectivity index (χ3v) is 3.66. The fourth-order valence-corrected chi connectivity index (χ4v) is 2.29. The SMILES string of the molecule is CSCCCCCCNc1cccc(N)c1C. The minimum Gasteiger partial charge on any atom is -0.398 e. The van der Waals surface area contributed by atoms with E-state index in [1.54, 1.807) is 0 Å². The zero-order chi connectivity index (χ0) is 12.5. The largest absolute Gasteiger partial charge is 0.398 e. The van der Waals surface area contributed by atoms with E-state index in [0.29, 0.717) is 0 Å². The molecule has 0 aromatic heterocycles. The molecule has 2 nitrogen and oxygen atoms in total. The lowest BCUT2D eigenvalue weighted by Crippen LogP contribution is -2.04. The molecule has 0 saturated heterocycles. The first kappa shape index (κ1) is 14.2. The molecule has 0 aliphatic carbocycles. The van der Waals surface area contributed by atoms with Crippen LogP contribution in [0.4, 0.5) is 11.4 Å². The van der Waals surface area contributed by atoms with Gasteiger partial charge in [-0.15, -0.1) is 0 Å². The molecule has 96 valence electrons. The molecule has 0 atom stereocenters. The molecule has 0 radical (unpaired) electrons. The van der Waals surface area contributed by atoms with Crippen molar-refractivity contribution >= 4 is 23.1 Å². The second-order valence-electron chi connectivity index (χ2n) is 4.35. The van der Waals surface area contributed by atoms with E-state index in [0.717, 1.165) is 17.8 Å². The van der Waals surface area contributed by atoms with Crippen molar-refractivity contribution in [2.24, 2.45) is 0 Å². The van der Waals surface area contributed by atoms with Crippen LogP contribution >= 0.6 is 11.8 Å². The van der Waals surface area contributed by atoms with Crippen molar-refractivity contribution in [3.8, 4) is 0 Å². The highest BCUT2D eigenvalue weighted by Gasteiger charge is 1.99. The molecular formula is C14H24N2S. The molecule has 0 bridgehead atoms. The van der Waals surface area contributed by atoms with Gasteiger partial charge in [0.1, 0.15) is 0 Å². The number of thioether (sulfide) groups is 1. The number of unbranched alkanes of at least 4 members (excludes halogenated alkanes) is 3. The van der Waals surface area contributed by atoms with E-state index in [2.05, 4.69) is 24.6 Å². The number of hydrogen-bond donors (Lipinski definition) is 2. The van der Waals surface area contributed by atoms with Gasteiger partial charge in [0, 0.05) is 17.9 Å². The van der Waals surface area contributed by atoms with E-state index in [1.165, 1.54) is 37.1 Å². The average Bonchev–Trinajstić information content (AvgIpc) is 2.33. The molecule has 1 rings (SSSR count). The van der Waals surface area contributed by atoms with Gasteiger partial charge in [-0.3, -0.25) is 0 Å². The van der Waals surface area contributed by atoms with Gasteiger partial charge in [-0.2, -0.15) is 11.8 Å². The highest BCUT2D eigenvalue weighted by Crippen LogP contribution is 2.20. The van der Waals surface area contributed by atoms with Gasteiger partial charge >= 0.3 is 0 Å². The van der Waals surface area contributed by atoms with Gasteiger partial charge in [-0.1, -0.05) is 18.9 Å². The third-order valence-electron chi connectivity index (χ3n) is 2.97. The van der Waals surface area contributed by atoms with Gasteiger partial charge in [-0.05, 0) is 49.5 Å². The summed E-state index contributed by atoms with van der Waals surface area (Å²) >= 11 is 1.94. The maximum Gasteiger partial charge on any atom is 0.0390 e. The maximum absolute atomic E-state index is 5.86. The molecule has 0 aliphatic heterocycles. The minimum absolute atomic E-state index is 0.870. The number of nitrogens with one attached hydrogen (secondary N) is 1. The summed E-state index contributed by atoms with van der Waals surface area (Å²) in [4.78, 5) is 0. The Morgan fingerprint density at radius 3 is 2.71 bits per heavy atom. The van der Waals surface area contributed by atoms with Crippen LogP contribution in [0.2, 0.25) is 0 Å². The van der Waals surface area contributed by atoms with E-state index in [9.17, 15) is 0 Å². The molecule has 0 unspecified atom stereocenters. The summed E-state index contributed by atoms with van der Waals surface area (Å²) < 4.78 is 0. The smallest absolute Gasteiger partial charge is 0.0390 e. The van der Waals surface area contributed by atoms with Gasteiger partial charge in [0.2, 0.25) is 0 Å². The fourth-order valence-electron chi connectivity index (χ4n) is 1.79. The topological polar surface area (TPSA) is 38.0 Å². The van der Waals surface area contributed by atoms with Crippen LogP contribution in [0.15, 0.2) is 18.2 Å². The van der Waals surface area contributed by atoms with Crippen molar-refractivity contribution in [3.05, 3.63) is 23.8 Å². The maximum atomic E-state index is 5.86. The Hall–Kier alpha value is -0.830. The second kappa shape index (κ2) is 8.29. The van der Waals surface area contributed by atoms with Crippen LogP contribution in [-0.2, 0) is 0 Å². The van der Waals surface area contributed by atoms with Gasteiger partial charge in [-0.25, -0.2) is 0 Å². The quantitative estimate of drug-likeness (QED) is 0.544. The van der Waals surface area contributed by atoms with Gasteiger partial charge in [0.05, 0.1) is 0 Å². The lowest BCUT2D eigenvalue weighted by Gasteiger charge is -2.10. The Bertz CT molecular complexity index is 326. The number of anilines is 2. The molecule has 1 aromatic rings. The van der Waals surface area contributed by atoms with Crippen molar-refractivity contribution in [1.29, 1.82) is 0 Å². The molecule has 0 fully saturated rings. The lowest BCUT2D eigenvalue weighted by molar-refractivity contribution is 0.689. The number of nitrogens with two attached hydrogens (primary N) is 1. The molecule has 0 saturated carbocycles. The first-order chi connectivity index (χ1) is 8.25. The highest BCUT2D eigenvalue weighted by atomic mass is 32.2. The van der Waals surface area contributed by atoms with Crippen molar-refractivity contribution < 1.29 is 0 Å². The normalized spacial score (nSPS) is 10.5. The van der Waals surface area contributed by atoms with Crippen LogP contribution in [0, 0.1) is 6.92 Å². The first-order valence-electron chi connectivity index (χ1n) is 6.33. The standard InChI is InChI=1S/C14H24N2S/c1-12-13(15)8-7-9-14(12)16-10-5-3-4-6-11-17-2/h7-9,16H,3-6,10-11,15H2,1-2H3. The van der Waals surface area contributed by atoms with E-state index < -0.39 is 0 Å². The monoisotopic (exact) mass is 252 g/mol. The summed E-state index contributed by atoms with van der Waals surface area (Å²) in [5.41, 5.74) is 9.07. The van der Waals surface area contributed by atoms with E-state index in [1.807, 2.05) is 23.9 Å². The molecule has 0 heterocycles. The van der Waals surface area contributed by atoms with Crippen molar-refractivity contribution in [2.45, 2.75) is 32.6 Å². The van der Waals surface area contributed by atoms with Gasteiger partial charge in [0.15, 0.2) is 0 Å². The zero-order valence-electron chi connectivity index (χ0n) is 11.0. The Morgan fingerprint density at radius 1 is 1.18 bits per heavy atom. The Labute approximate surface area is 109 Å². The van der Waals surface area contributed by atoms with Crippen LogP contribution in [-0.4, -0.2) is 18.6 Å². The summed E-state index contributed by atoms with van der Waals surface area (Å²) in [7, 11) is 0. The van der Waals surface area contributed by atoms with Crippen molar-refractivity contribution in [2.75, 3.05) is 29.6 Å². The number of rotatable bonds is 8. The predicted octanol–water partition coefficient (Wildman–Crippen LogP) is 3.91. The zero-order valence-corrected chi connectivity index (χ0v) is 11.8. The molecule has 3 N–H and O–H groups in total. The van der Waals surface area contributed by atoms with Crippen LogP contribution in [0.5, 0.6) is 0 Å². The Balaban J connectivity index is 2.16. The number of hydrogen-bond acceptors (Lipinski definition) is 3. The average molecular weight is 252 g/mol. The third kappa shape index (κ3) is 5.35. The second-order valence-corrected chi connectivity index (χ2v) is 5.34. The minimum atomic E-state index is 0.870. The van der Waals surface area contributed by atoms with Gasteiger partial charge in [0.25, 0.3) is 0 Å². The lowest BCUT2D eigenvalue weighted by atomic mass is 10.1. The highest BCUT2D eigenvalue weighted by molar-refractivity contribution is 7.98. The molecule has 1 aromatic carbocycles. The van der Waals surface area contributed by atoms with E-state index >= 15 is 0 Å². The summed E-state index contributed by atoms with van der Waals surface area (Å²) in [6, 6.07) is 6.05.